The fraction of sp³-hybridized carbons (Fsp3) is 0. The zero-order chi connectivity index (χ0) is 12.1. The summed E-state index contributed by atoms with van der Waals surface area (Å²) in [5.41, 5.74) is 2.16. The van der Waals surface area contributed by atoms with Crippen molar-refractivity contribution in [1.29, 1.82) is 0 Å². The molecule has 0 aliphatic heterocycles. The molecule has 0 fully saturated rings. The summed E-state index contributed by atoms with van der Waals surface area (Å²) in [6.07, 6.45) is 2.70. The SMILES string of the molecule is C=COC(=O)c1ccnc(-c2ccccc2)c1. The van der Waals surface area contributed by atoms with Crippen LogP contribution in [-0.2, 0) is 4.74 Å². The smallest absolute Gasteiger partial charge is 0.343 e. The van der Waals surface area contributed by atoms with Crippen molar-refractivity contribution in [2.45, 2.75) is 0 Å². The van der Waals surface area contributed by atoms with Crippen LogP contribution in [0.2, 0.25) is 0 Å². The van der Waals surface area contributed by atoms with Gasteiger partial charge in [0.05, 0.1) is 17.5 Å². The Balaban J connectivity index is 2.35. The highest BCUT2D eigenvalue weighted by Crippen LogP contribution is 2.17. The summed E-state index contributed by atoms with van der Waals surface area (Å²) < 4.78 is 4.72. The molecule has 3 nitrogen and oxygen atoms in total. The summed E-state index contributed by atoms with van der Waals surface area (Å²) in [6.45, 7) is 3.35. The Kier molecular flexibility index (Phi) is 3.31. The Labute approximate surface area is 99.4 Å². The fourth-order valence-corrected chi connectivity index (χ4v) is 1.47. The van der Waals surface area contributed by atoms with Crippen LogP contribution in [0.15, 0.2) is 61.5 Å². The van der Waals surface area contributed by atoms with E-state index in [4.69, 9.17) is 4.74 Å². The highest BCUT2D eigenvalue weighted by molar-refractivity contribution is 5.90. The number of carbonyl (C=O) groups is 1. The maximum atomic E-state index is 11.5. The van der Waals surface area contributed by atoms with E-state index in [0.717, 1.165) is 17.5 Å². The second-order valence-corrected chi connectivity index (χ2v) is 3.37. The Bertz CT molecular complexity index is 535. The zero-order valence-electron chi connectivity index (χ0n) is 9.17. The monoisotopic (exact) mass is 225 g/mol. The Morgan fingerprint density at radius 1 is 1.24 bits per heavy atom. The molecule has 0 spiro atoms. The van der Waals surface area contributed by atoms with E-state index in [9.17, 15) is 4.79 Å². The van der Waals surface area contributed by atoms with Gasteiger partial charge in [0.2, 0.25) is 0 Å². The third-order valence-electron chi connectivity index (χ3n) is 2.26. The van der Waals surface area contributed by atoms with Crippen molar-refractivity contribution < 1.29 is 9.53 Å². The summed E-state index contributed by atoms with van der Waals surface area (Å²) in [6, 6.07) is 13.0. The Hall–Kier alpha value is -2.42. The third-order valence-corrected chi connectivity index (χ3v) is 2.26. The van der Waals surface area contributed by atoms with Crippen LogP contribution < -0.4 is 0 Å². The van der Waals surface area contributed by atoms with Crippen LogP contribution >= 0.6 is 0 Å². The molecule has 1 aromatic heterocycles. The molecule has 0 amide bonds. The first kappa shape index (κ1) is 11.1. The molecule has 17 heavy (non-hydrogen) atoms. The quantitative estimate of drug-likeness (QED) is 0.595. The van der Waals surface area contributed by atoms with E-state index < -0.39 is 5.97 Å². The molecular weight excluding hydrogens is 214 g/mol. The third kappa shape index (κ3) is 2.58. The van der Waals surface area contributed by atoms with E-state index >= 15 is 0 Å². The summed E-state index contributed by atoms with van der Waals surface area (Å²) in [7, 11) is 0. The first-order chi connectivity index (χ1) is 8.31. The topological polar surface area (TPSA) is 39.2 Å². The number of pyridine rings is 1. The lowest BCUT2D eigenvalue weighted by Crippen LogP contribution is -2.00. The minimum Gasteiger partial charge on any atom is -0.432 e. The summed E-state index contributed by atoms with van der Waals surface area (Å²) in [5.74, 6) is -0.431. The predicted molar refractivity (Wildman–Crippen MR) is 65.3 cm³/mol. The standard InChI is InChI=1S/C14H11NO2/c1-2-17-14(16)12-8-9-15-13(10-12)11-6-4-3-5-7-11/h2-10H,1H2. The molecule has 0 radical (unpaired) electrons. The van der Waals surface area contributed by atoms with Gasteiger partial charge in [-0.2, -0.15) is 0 Å². The van der Waals surface area contributed by atoms with Crippen molar-refractivity contribution in [2.24, 2.45) is 0 Å². The molecule has 0 saturated carbocycles. The molecule has 0 aliphatic rings. The minimum absolute atomic E-state index is 0.431. The Morgan fingerprint density at radius 2 is 2.00 bits per heavy atom. The van der Waals surface area contributed by atoms with Crippen molar-refractivity contribution in [3.05, 3.63) is 67.1 Å². The van der Waals surface area contributed by atoms with Crippen molar-refractivity contribution in [3.8, 4) is 11.3 Å². The maximum absolute atomic E-state index is 11.5. The zero-order valence-corrected chi connectivity index (χ0v) is 9.17. The van der Waals surface area contributed by atoms with E-state index in [0.29, 0.717) is 5.56 Å². The van der Waals surface area contributed by atoms with Gasteiger partial charge in [-0.1, -0.05) is 36.9 Å². The van der Waals surface area contributed by atoms with E-state index in [-0.39, 0.29) is 0 Å². The lowest BCUT2D eigenvalue weighted by Gasteiger charge is -2.03. The van der Waals surface area contributed by atoms with Gasteiger partial charge < -0.3 is 4.74 Å². The van der Waals surface area contributed by atoms with Gasteiger partial charge in [-0.15, -0.1) is 0 Å². The van der Waals surface area contributed by atoms with Gasteiger partial charge in [0, 0.05) is 11.8 Å². The molecule has 84 valence electrons. The molecule has 2 rings (SSSR count). The molecule has 2 aromatic rings. The normalized spacial score (nSPS) is 9.65. The highest BCUT2D eigenvalue weighted by atomic mass is 16.5. The van der Waals surface area contributed by atoms with Crippen LogP contribution in [0.1, 0.15) is 10.4 Å². The number of esters is 1. The number of carbonyl (C=O) groups excluding carboxylic acids is 1. The van der Waals surface area contributed by atoms with E-state index in [2.05, 4.69) is 11.6 Å². The number of ether oxygens (including phenoxy) is 1. The average Bonchev–Trinajstić information content (AvgIpc) is 2.40. The first-order valence-corrected chi connectivity index (χ1v) is 5.14. The van der Waals surface area contributed by atoms with E-state index in [1.165, 1.54) is 0 Å². The molecule has 0 aliphatic carbocycles. The number of nitrogens with zero attached hydrogens (tertiary/aromatic N) is 1. The van der Waals surface area contributed by atoms with Gasteiger partial charge in [0.1, 0.15) is 0 Å². The van der Waals surface area contributed by atoms with Crippen LogP contribution in [0, 0.1) is 0 Å². The molecule has 0 N–H and O–H groups in total. The van der Waals surface area contributed by atoms with Crippen molar-refractivity contribution in [2.75, 3.05) is 0 Å². The molecule has 1 heterocycles. The molecule has 0 bridgehead atoms. The summed E-state index contributed by atoms with van der Waals surface area (Å²) in [4.78, 5) is 15.7. The van der Waals surface area contributed by atoms with Crippen molar-refractivity contribution >= 4 is 5.97 Å². The number of hydrogen-bond acceptors (Lipinski definition) is 3. The summed E-state index contributed by atoms with van der Waals surface area (Å²) >= 11 is 0. The predicted octanol–water partition coefficient (Wildman–Crippen LogP) is 3.05. The lowest BCUT2D eigenvalue weighted by atomic mass is 10.1. The molecule has 3 heteroatoms. The molecule has 0 saturated heterocycles. The van der Waals surface area contributed by atoms with E-state index in [1.807, 2.05) is 30.3 Å². The van der Waals surface area contributed by atoms with Crippen LogP contribution in [0.4, 0.5) is 0 Å². The van der Waals surface area contributed by atoms with Gasteiger partial charge in [-0.25, -0.2) is 4.79 Å². The number of hydrogen-bond donors (Lipinski definition) is 0. The highest BCUT2D eigenvalue weighted by Gasteiger charge is 2.07. The minimum atomic E-state index is -0.431. The van der Waals surface area contributed by atoms with Gasteiger partial charge in [0.25, 0.3) is 0 Å². The van der Waals surface area contributed by atoms with Gasteiger partial charge in [-0.3, -0.25) is 4.98 Å². The second-order valence-electron chi connectivity index (χ2n) is 3.37. The number of aromatic nitrogens is 1. The molecule has 0 atom stereocenters. The largest absolute Gasteiger partial charge is 0.432 e. The van der Waals surface area contributed by atoms with Gasteiger partial charge >= 0.3 is 5.97 Å². The first-order valence-electron chi connectivity index (χ1n) is 5.14. The van der Waals surface area contributed by atoms with Crippen LogP contribution in [0.5, 0.6) is 0 Å². The summed E-state index contributed by atoms with van der Waals surface area (Å²) in [5, 5.41) is 0. The number of rotatable bonds is 3. The lowest BCUT2D eigenvalue weighted by molar-refractivity contribution is 0.0664. The van der Waals surface area contributed by atoms with Crippen molar-refractivity contribution in [1.82, 2.24) is 4.98 Å². The fourth-order valence-electron chi connectivity index (χ4n) is 1.47. The molecular formula is C14H11NO2. The van der Waals surface area contributed by atoms with Gasteiger partial charge in [0.15, 0.2) is 0 Å². The Morgan fingerprint density at radius 3 is 2.71 bits per heavy atom. The van der Waals surface area contributed by atoms with Gasteiger partial charge in [-0.05, 0) is 12.1 Å². The molecule has 1 aromatic carbocycles. The average molecular weight is 225 g/mol. The van der Waals surface area contributed by atoms with Crippen LogP contribution in [0.25, 0.3) is 11.3 Å². The maximum Gasteiger partial charge on any atom is 0.343 e. The second kappa shape index (κ2) is 5.07. The van der Waals surface area contributed by atoms with Crippen molar-refractivity contribution in [3.63, 3.8) is 0 Å². The van der Waals surface area contributed by atoms with Crippen LogP contribution in [0.3, 0.4) is 0 Å². The molecule has 0 unspecified atom stereocenters. The number of benzene rings is 1. The van der Waals surface area contributed by atoms with Crippen LogP contribution in [-0.4, -0.2) is 11.0 Å². The van der Waals surface area contributed by atoms with E-state index in [1.54, 1.807) is 18.3 Å².